The molecule has 2 amide bonds. The van der Waals surface area contributed by atoms with Crippen molar-refractivity contribution >= 4 is 67.8 Å². The number of benzene rings is 2. The predicted molar refractivity (Wildman–Crippen MR) is 139 cm³/mol. The van der Waals surface area contributed by atoms with Gasteiger partial charge >= 0.3 is 0 Å². The smallest absolute Gasteiger partial charge is 0.266 e. The van der Waals surface area contributed by atoms with E-state index >= 15 is 0 Å². The Hall–Kier alpha value is -2.24. The van der Waals surface area contributed by atoms with E-state index in [0.29, 0.717) is 40.1 Å². The number of carbonyl (C=O) groups excluding carboxylic acids is 2. The summed E-state index contributed by atoms with van der Waals surface area (Å²) in [6, 6.07) is 13.5. The highest BCUT2D eigenvalue weighted by Crippen LogP contribution is 2.33. The Morgan fingerprint density at radius 1 is 1.09 bits per heavy atom. The molecular weight excluding hydrogens is 514 g/mol. The van der Waals surface area contributed by atoms with Crippen molar-refractivity contribution in [1.82, 2.24) is 15.2 Å². The molecule has 2 aromatic carbocycles. The maximum absolute atomic E-state index is 12.7. The Morgan fingerprint density at radius 3 is 2.44 bits per heavy atom. The van der Waals surface area contributed by atoms with Crippen LogP contribution < -0.4 is 10.3 Å². The van der Waals surface area contributed by atoms with Gasteiger partial charge in [0, 0.05) is 18.0 Å². The first kappa shape index (κ1) is 26.4. The van der Waals surface area contributed by atoms with Gasteiger partial charge in [0.25, 0.3) is 15.9 Å². The van der Waals surface area contributed by atoms with Crippen molar-refractivity contribution in [2.45, 2.75) is 37.5 Å². The van der Waals surface area contributed by atoms with Gasteiger partial charge in [0.15, 0.2) is 0 Å². The van der Waals surface area contributed by atoms with Crippen molar-refractivity contribution in [3.05, 3.63) is 69.6 Å². The third kappa shape index (κ3) is 7.38. The van der Waals surface area contributed by atoms with E-state index in [2.05, 4.69) is 10.3 Å². The Kier molecular flexibility index (Phi) is 9.26. The Labute approximate surface area is 214 Å². The molecule has 7 nitrogen and oxygen atoms in total. The zero-order valence-electron chi connectivity index (χ0n) is 18.4. The fraction of sp³-hybridized carbons (Fsp3) is 0.261. The molecule has 1 saturated heterocycles. The van der Waals surface area contributed by atoms with Crippen LogP contribution in [0.2, 0.25) is 5.02 Å². The summed E-state index contributed by atoms with van der Waals surface area (Å²) in [7, 11) is -3.82. The highest BCUT2D eigenvalue weighted by atomic mass is 35.5. The molecule has 1 aliphatic rings. The van der Waals surface area contributed by atoms with Crippen LogP contribution in [0.25, 0.3) is 6.08 Å². The first-order valence-electron chi connectivity index (χ1n) is 10.5. The highest BCUT2D eigenvalue weighted by Gasteiger charge is 2.31. The van der Waals surface area contributed by atoms with E-state index in [1.54, 1.807) is 35.2 Å². The lowest BCUT2D eigenvalue weighted by molar-refractivity contribution is -0.123. The molecule has 0 aliphatic carbocycles. The number of thiocarbonyl (C=S) groups is 1. The number of unbranched alkanes of at least 4 members (excludes halogenated alkanes) is 2. The molecule has 11 heteroatoms. The Bertz CT molecular complexity index is 1200. The molecule has 1 fully saturated rings. The Balaban J connectivity index is 1.38. The van der Waals surface area contributed by atoms with Gasteiger partial charge in [0.2, 0.25) is 5.91 Å². The molecule has 0 spiro atoms. The summed E-state index contributed by atoms with van der Waals surface area (Å²) in [4.78, 5) is 29.0. The van der Waals surface area contributed by atoms with Crippen LogP contribution in [0.4, 0.5) is 0 Å². The standard InChI is InChI=1S/C23H24ClN3O4S3/c1-16-6-12-19(13-7-16)34(30,31)26-25-21(28)5-3-2-4-14-27-22(29)20(33-23(27)32)15-17-8-10-18(24)11-9-17/h6-13,15,26H,2-5,14H2,1H3,(H,25,28). The van der Waals surface area contributed by atoms with Crippen molar-refractivity contribution in [1.29, 1.82) is 0 Å². The first-order valence-corrected chi connectivity index (χ1v) is 13.6. The summed E-state index contributed by atoms with van der Waals surface area (Å²) in [5.74, 6) is -0.555. The number of amides is 2. The minimum absolute atomic E-state index is 0.0759. The molecule has 0 atom stereocenters. The molecule has 2 N–H and O–H groups in total. The molecule has 34 heavy (non-hydrogen) atoms. The maximum atomic E-state index is 12.7. The van der Waals surface area contributed by atoms with E-state index in [1.165, 1.54) is 23.9 Å². The van der Waals surface area contributed by atoms with Crippen LogP contribution in [-0.4, -0.2) is 36.0 Å². The van der Waals surface area contributed by atoms with E-state index < -0.39 is 15.9 Å². The minimum atomic E-state index is -3.82. The lowest BCUT2D eigenvalue weighted by Crippen LogP contribution is -2.41. The molecular formula is C23H24ClN3O4S3. The van der Waals surface area contributed by atoms with Crippen molar-refractivity contribution in [2.24, 2.45) is 0 Å². The van der Waals surface area contributed by atoms with E-state index in [-0.39, 0.29) is 17.2 Å². The molecule has 0 saturated carbocycles. The summed E-state index contributed by atoms with van der Waals surface area (Å²) < 4.78 is 24.9. The van der Waals surface area contributed by atoms with Gasteiger partial charge in [-0.05, 0) is 55.7 Å². The van der Waals surface area contributed by atoms with E-state index in [0.717, 1.165) is 11.1 Å². The summed E-state index contributed by atoms with van der Waals surface area (Å²) in [5.41, 5.74) is 4.04. The number of aryl methyl sites for hydroxylation is 1. The second-order valence-electron chi connectivity index (χ2n) is 7.66. The monoisotopic (exact) mass is 537 g/mol. The number of nitrogens with one attached hydrogen (secondary N) is 2. The third-order valence-corrected chi connectivity index (χ3v) is 7.88. The zero-order chi connectivity index (χ0) is 24.7. The summed E-state index contributed by atoms with van der Waals surface area (Å²) in [6.45, 7) is 2.32. The first-order chi connectivity index (χ1) is 16.2. The minimum Gasteiger partial charge on any atom is -0.293 e. The summed E-state index contributed by atoms with van der Waals surface area (Å²) >= 11 is 12.5. The number of carbonyl (C=O) groups is 2. The highest BCUT2D eigenvalue weighted by molar-refractivity contribution is 8.26. The predicted octanol–water partition coefficient (Wildman–Crippen LogP) is 4.42. The van der Waals surface area contributed by atoms with Gasteiger partial charge in [0.05, 0.1) is 9.80 Å². The number of halogens is 1. The molecule has 0 radical (unpaired) electrons. The number of hydrogen-bond donors (Lipinski definition) is 2. The molecule has 2 aromatic rings. The van der Waals surface area contributed by atoms with Gasteiger partial charge in [-0.1, -0.05) is 71.8 Å². The Morgan fingerprint density at radius 2 is 1.76 bits per heavy atom. The fourth-order valence-electron chi connectivity index (χ4n) is 3.10. The zero-order valence-corrected chi connectivity index (χ0v) is 21.6. The average molecular weight is 538 g/mol. The van der Waals surface area contributed by atoms with Crippen molar-refractivity contribution in [3.63, 3.8) is 0 Å². The van der Waals surface area contributed by atoms with Crippen LogP contribution in [0.15, 0.2) is 58.3 Å². The van der Waals surface area contributed by atoms with E-state index in [1.807, 2.05) is 19.1 Å². The molecule has 0 unspecified atom stereocenters. The number of hydrazine groups is 1. The number of hydrogen-bond acceptors (Lipinski definition) is 6. The van der Waals surface area contributed by atoms with Crippen LogP contribution >= 0.6 is 35.6 Å². The van der Waals surface area contributed by atoms with Gasteiger partial charge in [-0.2, -0.15) is 0 Å². The average Bonchev–Trinajstić information content (AvgIpc) is 3.06. The van der Waals surface area contributed by atoms with Gasteiger partial charge < -0.3 is 0 Å². The van der Waals surface area contributed by atoms with Crippen molar-refractivity contribution in [3.8, 4) is 0 Å². The second kappa shape index (κ2) is 11.9. The van der Waals surface area contributed by atoms with Gasteiger partial charge in [-0.3, -0.25) is 19.9 Å². The third-order valence-electron chi connectivity index (χ3n) is 4.98. The van der Waals surface area contributed by atoms with Crippen LogP contribution in [0.1, 0.15) is 36.8 Å². The van der Waals surface area contributed by atoms with Crippen molar-refractivity contribution in [2.75, 3.05) is 6.54 Å². The normalized spacial score (nSPS) is 15.2. The van der Waals surface area contributed by atoms with Crippen LogP contribution in [0, 0.1) is 6.92 Å². The van der Waals surface area contributed by atoms with E-state index in [9.17, 15) is 18.0 Å². The second-order valence-corrected chi connectivity index (χ2v) is 11.5. The SMILES string of the molecule is Cc1ccc(S(=O)(=O)NNC(=O)CCCCCN2C(=O)C(=Cc3ccc(Cl)cc3)SC2=S)cc1. The number of nitrogens with zero attached hydrogens (tertiary/aromatic N) is 1. The lowest BCUT2D eigenvalue weighted by atomic mass is 10.2. The maximum Gasteiger partial charge on any atom is 0.266 e. The largest absolute Gasteiger partial charge is 0.293 e. The van der Waals surface area contributed by atoms with E-state index in [4.69, 9.17) is 23.8 Å². The molecule has 180 valence electrons. The summed E-state index contributed by atoms with van der Waals surface area (Å²) in [5, 5.41) is 0.627. The fourth-order valence-corrected chi connectivity index (χ4v) is 5.39. The van der Waals surface area contributed by atoms with Crippen LogP contribution in [-0.2, 0) is 19.6 Å². The molecule has 1 aliphatic heterocycles. The van der Waals surface area contributed by atoms with Crippen molar-refractivity contribution < 1.29 is 18.0 Å². The van der Waals surface area contributed by atoms with Crippen LogP contribution in [0.3, 0.4) is 0 Å². The molecule has 0 bridgehead atoms. The van der Waals surface area contributed by atoms with Gasteiger partial charge in [-0.25, -0.2) is 8.42 Å². The van der Waals surface area contributed by atoms with Crippen LogP contribution in [0.5, 0.6) is 0 Å². The quantitative estimate of drug-likeness (QED) is 0.202. The lowest BCUT2D eigenvalue weighted by Gasteiger charge is -2.14. The number of thioether (sulfide) groups is 1. The molecule has 3 rings (SSSR count). The number of rotatable bonds is 10. The summed E-state index contributed by atoms with van der Waals surface area (Å²) in [6.07, 6.45) is 3.85. The molecule has 1 heterocycles. The topological polar surface area (TPSA) is 95.6 Å². The van der Waals surface area contributed by atoms with Gasteiger partial charge in [-0.15, -0.1) is 4.83 Å². The van der Waals surface area contributed by atoms with Gasteiger partial charge in [0.1, 0.15) is 4.32 Å². The number of sulfonamides is 1. The molecule has 0 aromatic heterocycles.